The third kappa shape index (κ3) is 1.18. The lowest BCUT2D eigenvalue weighted by molar-refractivity contribution is -0.195. The van der Waals surface area contributed by atoms with Gasteiger partial charge >= 0.3 is 0 Å². The van der Waals surface area contributed by atoms with E-state index in [9.17, 15) is 0 Å². The van der Waals surface area contributed by atoms with Crippen LogP contribution in [0.5, 0.6) is 0 Å². The van der Waals surface area contributed by atoms with E-state index in [1.807, 2.05) is 19.9 Å². The molecule has 0 aromatic rings. The van der Waals surface area contributed by atoms with Crippen molar-refractivity contribution in [2.75, 3.05) is 6.61 Å². The van der Waals surface area contributed by atoms with Crippen LogP contribution in [0.2, 0.25) is 0 Å². The Morgan fingerprint density at radius 1 is 1.42 bits per heavy atom. The largest absolute Gasteiger partial charge is 0.349 e. The number of hydrogen-bond donors (Lipinski definition) is 0. The summed E-state index contributed by atoms with van der Waals surface area (Å²) in [5.74, 6) is -0.228. The van der Waals surface area contributed by atoms with Gasteiger partial charge in [-0.1, -0.05) is 6.08 Å². The van der Waals surface area contributed by atoms with Gasteiger partial charge < -0.3 is 14.2 Å². The van der Waals surface area contributed by atoms with Gasteiger partial charge in [-0.3, -0.25) is 0 Å². The minimum absolute atomic E-state index is 0.0394. The highest BCUT2D eigenvalue weighted by molar-refractivity contribution is 4.95. The standard InChI is InChI=1S/C9H14O3/c1-4-6-5-10-8-7(6)11-9(2,3)12-8/h4,6-8H,1,5H2,2-3H3. The highest BCUT2D eigenvalue weighted by Gasteiger charge is 2.49. The predicted molar refractivity (Wildman–Crippen MR) is 43.5 cm³/mol. The average molecular weight is 170 g/mol. The molecular weight excluding hydrogens is 156 g/mol. The van der Waals surface area contributed by atoms with Crippen LogP contribution in [0.3, 0.4) is 0 Å². The Balaban J connectivity index is 2.11. The molecule has 3 unspecified atom stereocenters. The Bertz CT molecular complexity index is 200. The van der Waals surface area contributed by atoms with E-state index in [2.05, 4.69) is 6.58 Å². The van der Waals surface area contributed by atoms with E-state index >= 15 is 0 Å². The van der Waals surface area contributed by atoms with Gasteiger partial charge in [0, 0.05) is 5.92 Å². The zero-order chi connectivity index (χ0) is 8.77. The van der Waals surface area contributed by atoms with E-state index in [0.29, 0.717) is 6.61 Å². The van der Waals surface area contributed by atoms with Crippen molar-refractivity contribution < 1.29 is 14.2 Å². The lowest BCUT2D eigenvalue weighted by Crippen LogP contribution is -2.25. The van der Waals surface area contributed by atoms with Crippen molar-refractivity contribution in [2.24, 2.45) is 5.92 Å². The molecule has 2 heterocycles. The maximum absolute atomic E-state index is 5.66. The first-order valence-corrected chi connectivity index (χ1v) is 4.22. The Labute approximate surface area is 72.3 Å². The summed E-state index contributed by atoms with van der Waals surface area (Å²) in [6, 6.07) is 0. The van der Waals surface area contributed by atoms with Crippen LogP contribution in [-0.4, -0.2) is 24.8 Å². The van der Waals surface area contributed by atoms with E-state index in [-0.39, 0.29) is 18.3 Å². The van der Waals surface area contributed by atoms with E-state index < -0.39 is 5.79 Å². The zero-order valence-electron chi connectivity index (χ0n) is 7.45. The van der Waals surface area contributed by atoms with Crippen molar-refractivity contribution in [2.45, 2.75) is 32.0 Å². The second-order valence-corrected chi connectivity index (χ2v) is 3.70. The lowest BCUT2D eigenvalue weighted by Gasteiger charge is -2.19. The molecule has 0 aromatic heterocycles. The maximum atomic E-state index is 5.66. The molecule has 0 aliphatic carbocycles. The van der Waals surface area contributed by atoms with Crippen molar-refractivity contribution in [1.82, 2.24) is 0 Å². The van der Waals surface area contributed by atoms with Gasteiger partial charge in [-0.15, -0.1) is 6.58 Å². The third-order valence-electron chi connectivity index (χ3n) is 2.27. The predicted octanol–water partition coefficient (Wildman–Crippen LogP) is 1.30. The second-order valence-electron chi connectivity index (χ2n) is 3.70. The monoisotopic (exact) mass is 170 g/mol. The third-order valence-corrected chi connectivity index (χ3v) is 2.27. The number of fused-ring (bicyclic) bond motifs is 1. The molecule has 3 heteroatoms. The molecule has 2 fully saturated rings. The molecule has 0 N–H and O–H groups in total. The van der Waals surface area contributed by atoms with Crippen LogP contribution in [0, 0.1) is 5.92 Å². The molecule has 12 heavy (non-hydrogen) atoms. The summed E-state index contributed by atoms with van der Waals surface area (Å²) in [6.07, 6.45) is 1.72. The van der Waals surface area contributed by atoms with E-state index in [4.69, 9.17) is 14.2 Å². The molecule has 0 bridgehead atoms. The number of ether oxygens (including phenoxy) is 3. The first-order valence-electron chi connectivity index (χ1n) is 4.22. The number of hydrogen-bond acceptors (Lipinski definition) is 3. The lowest BCUT2D eigenvalue weighted by atomic mass is 10.1. The molecular formula is C9H14O3. The summed E-state index contributed by atoms with van der Waals surface area (Å²) in [5.41, 5.74) is 0. The van der Waals surface area contributed by atoms with Gasteiger partial charge in [-0.2, -0.15) is 0 Å². The molecule has 2 rings (SSSR count). The quantitative estimate of drug-likeness (QED) is 0.555. The maximum Gasteiger partial charge on any atom is 0.187 e. The summed E-state index contributed by atoms with van der Waals surface area (Å²) >= 11 is 0. The smallest absolute Gasteiger partial charge is 0.187 e. The normalized spacial score (nSPS) is 44.3. The van der Waals surface area contributed by atoms with Crippen molar-refractivity contribution in [1.29, 1.82) is 0 Å². The minimum atomic E-state index is -0.503. The zero-order valence-corrected chi connectivity index (χ0v) is 7.45. The SMILES string of the molecule is C=CC1COC2OC(C)(C)OC12. The van der Waals surface area contributed by atoms with E-state index in [1.165, 1.54) is 0 Å². The van der Waals surface area contributed by atoms with Crippen molar-refractivity contribution >= 4 is 0 Å². The van der Waals surface area contributed by atoms with E-state index in [0.717, 1.165) is 0 Å². The molecule has 2 aliphatic rings. The van der Waals surface area contributed by atoms with E-state index in [1.54, 1.807) is 0 Å². The van der Waals surface area contributed by atoms with Crippen LogP contribution < -0.4 is 0 Å². The topological polar surface area (TPSA) is 27.7 Å². The highest BCUT2D eigenvalue weighted by atomic mass is 16.8. The van der Waals surface area contributed by atoms with Gasteiger partial charge in [0.15, 0.2) is 12.1 Å². The molecule has 2 saturated heterocycles. The van der Waals surface area contributed by atoms with Gasteiger partial charge in [0.25, 0.3) is 0 Å². The fraction of sp³-hybridized carbons (Fsp3) is 0.778. The van der Waals surface area contributed by atoms with Crippen molar-refractivity contribution in [3.63, 3.8) is 0 Å². The van der Waals surface area contributed by atoms with Crippen LogP contribution in [0.1, 0.15) is 13.8 Å². The summed E-state index contributed by atoms with van der Waals surface area (Å²) < 4.78 is 16.6. The molecule has 0 amide bonds. The van der Waals surface area contributed by atoms with Gasteiger partial charge in [0.2, 0.25) is 0 Å². The fourth-order valence-corrected chi connectivity index (χ4v) is 1.68. The Hall–Kier alpha value is -0.380. The average Bonchev–Trinajstić information content (AvgIpc) is 2.42. The summed E-state index contributed by atoms with van der Waals surface area (Å²) in [4.78, 5) is 0. The van der Waals surface area contributed by atoms with Crippen molar-refractivity contribution in [3.05, 3.63) is 12.7 Å². The summed E-state index contributed by atoms with van der Waals surface area (Å²) in [7, 11) is 0. The van der Waals surface area contributed by atoms with Gasteiger partial charge in [0.05, 0.1) is 6.61 Å². The molecule has 3 atom stereocenters. The van der Waals surface area contributed by atoms with Crippen LogP contribution in [-0.2, 0) is 14.2 Å². The van der Waals surface area contributed by atoms with Gasteiger partial charge in [-0.05, 0) is 13.8 Å². The molecule has 0 radical (unpaired) electrons. The Kier molecular flexibility index (Phi) is 1.75. The van der Waals surface area contributed by atoms with Crippen molar-refractivity contribution in [3.8, 4) is 0 Å². The molecule has 0 spiro atoms. The first kappa shape index (κ1) is 8.23. The molecule has 68 valence electrons. The minimum Gasteiger partial charge on any atom is -0.349 e. The van der Waals surface area contributed by atoms with Crippen LogP contribution >= 0.6 is 0 Å². The van der Waals surface area contributed by atoms with Gasteiger partial charge in [0.1, 0.15) is 6.10 Å². The van der Waals surface area contributed by atoms with Crippen LogP contribution in [0.15, 0.2) is 12.7 Å². The fourth-order valence-electron chi connectivity index (χ4n) is 1.68. The Morgan fingerprint density at radius 2 is 2.17 bits per heavy atom. The molecule has 2 aliphatic heterocycles. The highest BCUT2D eigenvalue weighted by Crippen LogP contribution is 2.37. The molecule has 0 aromatic carbocycles. The summed E-state index contributed by atoms with van der Waals surface area (Å²) in [6.45, 7) is 8.19. The Morgan fingerprint density at radius 3 is 2.83 bits per heavy atom. The molecule has 0 saturated carbocycles. The van der Waals surface area contributed by atoms with Crippen LogP contribution in [0.4, 0.5) is 0 Å². The van der Waals surface area contributed by atoms with Crippen LogP contribution in [0.25, 0.3) is 0 Å². The first-order chi connectivity index (χ1) is 5.62. The second kappa shape index (κ2) is 2.55. The molecule has 3 nitrogen and oxygen atoms in total. The summed E-state index contributed by atoms with van der Waals surface area (Å²) in [5, 5.41) is 0. The van der Waals surface area contributed by atoms with Gasteiger partial charge in [-0.25, -0.2) is 0 Å². The number of rotatable bonds is 1.